The van der Waals surface area contributed by atoms with Gasteiger partial charge in [0.15, 0.2) is 5.69 Å². The van der Waals surface area contributed by atoms with Crippen molar-refractivity contribution in [1.82, 2.24) is 14.7 Å². The molecule has 1 aromatic carbocycles. The van der Waals surface area contributed by atoms with Crippen molar-refractivity contribution < 1.29 is 32.3 Å². The number of carbonyl (C=O) groups excluding carboxylic acids is 1. The summed E-state index contributed by atoms with van der Waals surface area (Å²) in [7, 11) is 0. The summed E-state index contributed by atoms with van der Waals surface area (Å²) < 4.78 is 54.9. The Morgan fingerprint density at radius 2 is 1.84 bits per heavy atom. The fraction of sp³-hybridized carbons (Fsp3) is 0.476. The zero-order valence-corrected chi connectivity index (χ0v) is 16.5. The minimum atomic E-state index is -4.61. The summed E-state index contributed by atoms with van der Waals surface area (Å²) in [5.41, 5.74) is 0.0691. The van der Waals surface area contributed by atoms with Crippen LogP contribution < -0.4 is 0 Å². The average molecular weight is 439 g/mol. The second-order valence-electron chi connectivity index (χ2n) is 8.20. The van der Waals surface area contributed by atoms with Gasteiger partial charge in [0.05, 0.1) is 24.7 Å². The van der Waals surface area contributed by atoms with E-state index in [0.717, 1.165) is 0 Å². The number of carbonyl (C=O) groups is 2. The van der Waals surface area contributed by atoms with Crippen molar-refractivity contribution in [2.75, 3.05) is 6.54 Å². The highest BCUT2D eigenvalue weighted by molar-refractivity contribution is 5.78. The molecule has 1 aromatic heterocycles. The fourth-order valence-electron chi connectivity index (χ4n) is 4.29. The van der Waals surface area contributed by atoms with Crippen molar-refractivity contribution in [2.45, 2.75) is 44.9 Å². The lowest BCUT2D eigenvalue weighted by molar-refractivity contribution is -0.148. The smallest absolute Gasteiger partial charge is 0.435 e. The summed E-state index contributed by atoms with van der Waals surface area (Å²) in [5.74, 6) is -1.93. The van der Waals surface area contributed by atoms with Crippen molar-refractivity contribution in [1.29, 1.82) is 0 Å². The van der Waals surface area contributed by atoms with Crippen molar-refractivity contribution in [3.63, 3.8) is 0 Å². The van der Waals surface area contributed by atoms with Crippen LogP contribution in [0.5, 0.6) is 0 Å². The molecule has 1 aliphatic carbocycles. The molecule has 2 aliphatic rings. The minimum absolute atomic E-state index is 0.00746. The van der Waals surface area contributed by atoms with Crippen LogP contribution in [-0.2, 0) is 35.3 Å². The lowest BCUT2D eigenvalue weighted by Gasteiger charge is -2.34. The molecule has 2 aromatic rings. The SMILES string of the molecule is O=C(O)C1CC(CC(=O)N2CCc3c(C(F)(F)F)nn(Cc4ccc(F)cc4)c3C2)C1. The number of aliphatic carboxylic acids is 1. The predicted octanol–water partition coefficient (Wildman–Crippen LogP) is 3.47. The highest BCUT2D eigenvalue weighted by atomic mass is 19.4. The Labute approximate surface area is 175 Å². The molecule has 2 heterocycles. The second-order valence-corrected chi connectivity index (χ2v) is 8.20. The van der Waals surface area contributed by atoms with E-state index in [-0.39, 0.29) is 49.9 Å². The first-order valence-electron chi connectivity index (χ1n) is 10.0. The van der Waals surface area contributed by atoms with Gasteiger partial charge in [-0.3, -0.25) is 14.3 Å². The number of nitrogens with zero attached hydrogens (tertiary/aromatic N) is 3. The van der Waals surface area contributed by atoms with Crippen LogP contribution >= 0.6 is 0 Å². The highest BCUT2D eigenvalue weighted by Crippen LogP contribution is 2.38. The normalized spacial score (nSPS) is 20.8. The van der Waals surface area contributed by atoms with Crippen LogP contribution in [0, 0.1) is 17.7 Å². The number of amides is 1. The Balaban J connectivity index is 1.52. The minimum Gasteiger partial charge on any atom is -0.481 e. The summed E-state index contributed by atoms with van der Waals surface area (Å²) in [6.07, 6.45) is -3.48. The first kappa shape index (κ1) is 21.3. The van der Waals surface area contributed by atoms with E-state index >= 15 is 0 Å². The van der Waals surface area contributed by atoms with Gasteiger partial charge in [0.2, 0.25) is 5.91 Å². The van der Waals surface area contributed by atoms with E-state index in [0.29, 0.717) is 24.1 Å². The number of carboxylic acid groups (broad SMARTS) is 1. The Bertz CT molecular complexity index is 995. The van der Waals surface area contributed by atoms with Gasteiger partial charge in [-0.15, -0.1) is 0 Å². The maximum Gasteiger partial charge on any atom is 0.435 e. The van der Waals surface area contributed by atoms with Gasteiger partial charge in [-0.2, -0.15) is 18.3 Å². The monoisotopic (exact) mass is 439 g/mol. The Hall–Kier alpha value is -2.91. The third-order valence-electron chi connectivity index (χ3n) is 6.05. The number of hydrogen-bond donors (Lipinski definition) is 1. The molecule has 0 unspecified atom stereocenters. The molecule has 0 saturated heterocycles. The van der Waals surface area contributed by atoms with Gasteiger partial charge in [-0.1, -0.05) is 12.1 Å². The van der Waals surface area contributed by atoms with Crippen molar-refractivity contribution in [2.24, 2.45) is 11.8 Å². The van der Waals surface area contributed by atoms with Gasteiger partial charge in [-0.05, 0) is 42.9 Å². The fourth-order valence-corrected chi connectivity index (χ4v) is 4.29. The second kappa shape index (κ2) is 7.97. The number of carboxylic acids is 1. The van der Waals surface area contributed by atoms with Crippen molar-refractivity contribution >= 4 is 11.9 Å². The lowest BCUT2D eigenvalue weighted by atomic mass is 9.73. The molecule has 0 atom stereocenters. The zero-order valence-electron chi connectivity index (χ0n) is 16.5. The van der Waals surface area contributed by atoms with Crippen molar-refractivity contribution in [3.8, 4) is 0 Å². The Kier molecular flexibility index (Phi) is 5.49. The van der Waals surface area contributed by atoms with Crippen LogP contribution in [0.4, 0.5) is 17.6 Å². The molecule has 0 radical (unpaired) electrons. The molecule has 1 aliphatic heterocycles. The van der Waals surface area contributed by atoms with E-state index in [1.165, 1.54) is 33.8 Å². The summed E-state index contributed by atoms with van der Waals surface area (Å²) in [5, 5.41) is 12.7. The van der Waals surface area contributed by atoms with E-state index < -0.39 is 29.6 Å². The third-order valence-corrected chi connectivity index (χ3v) is 6.05. The highest BCUT2D eigenvalue weighted by Gasteiger charge is 2.41. The van der Waals surface area contributed by atoms with E-state index in [1.54, 1.807) is 0 Å². The van der Waals surface area contributed by atoms with Crippen LogP contribution in [0.25, 0.3) is 0 Å². The van der Waals surface area contributed by atoms with Crippen LogP contribution in [-0.4, -0.2) is 38.2 Å². The number of fused-ring (bicyclic) bond motifs is 1. The summed E-state index contributed by atoms with van der Waals surface area (Å²) in [6.45, 7) is 0.198. The number of aromatic nitrogens is 2. The average Bonchev–Trinajstić information content (AvgIpc) is 3.04. The van der Waals surface area contributed by atoms with Crippen LogP contribution in [0.1, 0.15) is 41.8 Å². The van der Waals surface area contributed by atoms with Gasteiger partial charge in [-0.25, -0.2) is 4.39 Å². The molecular weight excluding hydrogens is 418 g/mol. The standard InChI is InChI=1S/C21H21F4N3O3/c22-15-3-1-12(2-4-15)10-28-17-11-27(6-5-16(17)19(26-28)21(23,24)25)18(29)9-13-7-14(8-13)20(30)31/h1-4,13-14H,5-11H2,(H,30,31). The first-order chi connectivity index (χ1) is 14.6. The molecule has 31 heavy (non-hydrogen) atoms. The molecule has 0 spiro atoms. The first-order valence-corrected chi connectivity index (χ1v) is 10.0. The maximum absolute atomic E-state index is 13.5. The molecule has 6 nitrogen and oxygen atoms in total. The lowest BCUT2D eigenvalue weighted by Crippen LogP contribution is -2.40. The largest absolute Gasteiger partial charge is 0.481 e. The molecule has 166 valence electrons. The van der Waals surface area contributed by atoms with Crippen LogP contribution in [0.15, 0.2) is 24.3 Å². The maximum atomic E-state index is 13.5. The zero-order chi connectivity index (χ0) is 22.3. The molecule has 4 rings (SSSR count). The third kappa shape index (κ3) is 4.42. The Morgan fingerprint density at radius 1 is 1.16 bits per heavy atom. The molecule has 1 N–H and O–H groups in total. The molecule has 1 fully saturated rings. The molecule has 1 amide bonds. The summed E-state index contributed by atoms with van der Waals surface area (Å²) >= 11 is 0. The number of hydrogen-bond acceptors (Lipinski definition) is 3. The van der Waals surface area contributed by atoms with Gasteiger partial charge in [0, 0.05) is 18.5 Å². The van der Waals surface area contributed by atoms with E-state index in [2.05, 4.69) is 5.10 Å². The van der Waals surface area contributed by atoms with E-state index in [9.17, 15) is 27.2 Å². The predicted molar refractivity (Wildman–Crippen MR) is 100 cm³/mol. The molecule has 0 bridgehead atoms. The van der Waals surface area contributed by atoms with Crippen LogP contribution in [0.3, 0.4) is 0 Å². The molecule has 1 saturated carbocycles. The van der Waals surface area contributed by atoms with Crippen molar-refractivity contribution in [3.05, 3.63) is 52.6 Å². The van der Waals surface area contributed by atoms with E-state index in [1.807, 2.05) is 0 Å². The van der Waals surface area contributed by atoms with E-state index in [4.69, 9.17) is 5.11 Å². The van der Waals surface area contributed by atoms with Crippen LogP contribution in [0.2, 0.25) is 0 Å². The van der Waals surface area contributed by atoms with Gasteiger partial charge >= 0.3 is 12.1 Å². The number of alkyl halides is 3. The number of halogens is 4. The van der Waals surface area contributed by atoms with Gasteiger partial charge < -0.3 is 10.0 Å². The molecular formula is C21H21F4N3O3. The quantitative estimate of drug-likeness (QED) is 0.724. The van der Waals surface area contributed by atoms with Gasteiger partial charge in [0.1, 0.15) is 5.82 Å². The number of rotatable bonds is 5. The van der Waals surface area contributed by atoms with Gasteiger partial charge in [0.25, 0.3) is 0 Å². The summed E-state index contributed by atoms with van der Waals surface area (Å²) in [6, 6.07) is 5.43. The topological polar surface area (TPSA) is 75.4 Å². The number of benzene rings is 1. The Morgan fingerprint density at radius 3 is 2.45 bits per heavy atom. The molecule has 10 heteroatoms. The summed E-state index contributed by atoms with van der Waals surface area (Å²) in [4.78, 5) is 25.1.